The van der Waals surface area contributed by atoms with Crippen molar-refractivity contribution < 1.29 is 0 Å². The van der Waals surface area contributed by atoms with E-state index in [0.717, 1.165) is 84.4 Å². The van der Waals surface area contributed by atoms with Crippen LogP contribution in [0.3, 0.4) is 0 Å². The second-order valence-corrected chi connectivity index (χ2v) is 26.4. The molecule has 2 aliphatic heterocycles. The van der Waals surface area contributed by atoms with Crippen molar-refractivity contribution in [3.8, 4) is 28.4 Å². The van der Waals surface area contributed by atoms with Gasteiger partial charge in [0.1, 0.15) is 0 Å². The van der Waals surface area contributed by atoms with Gasteiger partial charge in [-0.25, -0.2) is 0 Å². The molecule has 20 aromatic rings. The summed E-state index contributed by atoms with van der Waals surface area (Å²) in [4.78, 5) is 5.14. The molecule has 0 atom stereocenters. The maximum atomic E-state index is 2.57. The molecule has 0 bridgehead atoms. The number of hydrogen-bond donors (Lipinski definition) is 0. The van der Waals surface area contributed by atoms with Crippen molar-refractivity contribution in [1.29, 1.82) is 0 Å². The van der Waals surface area contributed by atoms with Crippen molar-refractivity contribution >= 4 is 166 Å². The van der Waals surface area contributed by atoms with Crippen LogP contribution in [0.15, 0.2) is 340 Å². The predicted octanol–water partition coefficient (Wildman–Crippen LogP) is 21.3. The fraction of sp³-hybridized carbons (Fsp3) is 0. The summed E-state index contributed by atoms with van der Waals surface area (Å²) >= 11 is 0. The smallest absolute Gasteiger partial charge is 0.252 e. The van der Waals surface area contributed by atoms with E-state index >= 15 is 0 Å². The first kappa shape index (κ1) is 53.3. The predicted molar refractivity (Wildman–Crippen MR) is 412 cm³/mol. The van der Waals surface area contributed by atoms with Crippen LogP contribution in [-0.2, 0) is 0 Å². The molecule has 0 spiro atoms. The Bertz CT molecular complexity index is 6170. The van der Waals surface area contributed by atoms with E-state index in [1.54, 1.807) is 0 Å². The van der Waals surface area contributed by atoms with Crippen LogP contribution in [0.4, 0.5) is 34.1 Å². The number of hydrogen-bond acceptors (Lipinski definition) is 2. The van der Waals surface area contributed by atoms with E-state index < -0.39 is 0 Å². The first-order valence-corrected chi connectivity index (χ1v) is 33.9. The van der Waals surface area contributed by atoms with E-state index in [4.69, 9.17) is 0 Å². The molecule has 8 heteroatoms. The van der Waals surface area contributed by atoms with Gasteiger partial charge in [-0.2, -0.15) is 0 Å². The maximum absolute atomic E-state index is 2.57. The summed E-state index contributed by atoms with van der Waals surface area (Å²) in [6, 6.07) is 127. The Hall–Kier alpha value is -13.0. The molecule has 0 unspecified atom stereocenters. The normalized spacial score (nSPS) is 12.8. The summed E-state index contributed by atoms with van der Waals surface area (Å²) < 4.78 is 12.4. The number of benzene rings is 15. The third kappa shape index (κ3) is 7.37. The summed E-state index contributed by atoms with van der Waals surface area (Å²) in [6.07, 6.45) is 0. The molecule has 2 aliphatic rings. The van der Waals surface area contributed by atoms with E-state index in [0.29, 0.717) is 0 Å². The zero-order valence-corrected chi connectivity index (χ0v) is 53.0. The van der Waals surface area contributed by atoms with Crippen LogP contribution in [0.1, 0.15) is 0 Å². The molecule has 0 N–H and O–H groups in total. The molecule has 5 aromatic heterocycles. The molecule has 15 aromatic carbocycles. The van der Waals surface area contributed by atoms with E-state index in [1.807, 2.05) is 0 Å². The van der Waals surface area contributed by atoms with E-state index in [9.17, 15) is 0 Å². The van der Waals surface area contributed by atoms with Crippen LogP contribution in [0.5, 0.6) is 0 Å². The highest BCUT2D eigenvalue weighted by Crippen LogP contribution is 2.49. The minimum Gasteiger partial charge on any atom is -0.311 e. The van der Waals surface area contributed by atoms with E-state index in [-0.39, 0.29) is 6.71 Å². The molecule has 0 amide bonds. The fourth-order valence-electron chi connectivity index (χ4n) is 17.4. The van der Waals surface area contributed by atoms with Crippen molar-refractivity contribution in [2.45, 2.75) is 0 Å². The molecule has 0 aliphatic carbocycles. The zero-order valence-electron chi connectivity index (χ0n) is 53.0. The lowest BCUT2D eigenvalue weighted by Gasteiger charge is -2.44. The number of aromatic nitrogens is 5. The van der Waals surface area contributed by atoms with Gasteiger partial charge in [-0.05, 0) is 162 Å². The van der Waals surface area contributed by atoms with Crippen molar-refractivity contribution in [3.05, 3.63) is 340 Å². The van der Waals surface area contributed by atoms with E-state index in [1.165, 1.54) is 104 Å². The summed E-state index contributed by atoms with van der Waals surface area (Å²) in [6.45, 7) is -0.168. The van der Waals surface area contributed by atoms with Crippen LogP contribution >= 0.6 is 0 Å². The minimum absolute atomic E-state index is 0.168. The maximum Gasteiger partial charge on any atom is 0.252 e. The monoisotopic (exact) mass is 1250 g/mol. The molecular weight excluding hydrogens is 1190 g/mol. The molecular formula is C90H56BN7. The molecule has 0 fully saturated rings. The average Bonchev–Trinajstić information content (AvgIpc) is 0.890. The number of anilines is 6. The van der Waals surface area contributed by atoms with Gasteiger partial charge in [0.2, 0.25) is 0 Å². The molecule has 7 heterocycles. The van der Waals surface area contributed by atoms with Crippen LogP contribution in [0.25, 0.3) is 137 Å². The Morgan fingerprint density at radius 1 is 0.163 bits per heavy atom. The van der Waals surface area contributed by atoms with Gasteiger partial charge in [-0.1, -0.05) is 194 Å². The van der Waals surface area contributed by atoms with Crippen molar-refractivity contribution in [2.75, 3.05) is 9.80 Å². The first-order chi connectivity index (χ1) is 48.7. The summed E-state index contributed by atoms with van der Waals surface area (Å²) in [5, 5.41) is 12.2. The van der Waals surface area contributed by atoms with Gasteiger partial charge in [0.25, 0.3) is 6.71 Å². The molecule has 0 saturated heterocycles. The highest BCUT2D eigenvalue weighted by molar-refractivity contribution is 7.00. The van der Waals surface area contributed by atoms with Gasteiger partial charge in [0.15, 0.2) is 0 Å². The number of rotatable bonds is 7. The van der Waals surface area contributed by atoms with Crippen LogP contribution in [0.2, 0.25) is 0 Å². The average molecular weight is 1250 g/mol. The van der Waals surface area contributed by atoms with Gasteiger partial charge in [-0.15, -0.1) is 0 Å². The number of fused-ring (bicyclic) bond motifs is 19. The van der Waals surface area contributed by atoms with Crippen molar-refractivity contribution in [3.63, 3.8) is 0 Å². The van der Waals surface area contributed by atoms with Crippen LogP contribution in [-0.4, -0.2) is 29.5 Å². The van der Waals surface area contributed by atoms with Crippen molar-refractivity contribution in [1.82, 2.24) is 22.8 Å². The SMILES string of the molecule is c1ccc(N2c3cc(-n4c5ccccc5c5ccccc54)ccc3B3c4ccc(-n5c6ccccc6c6ccccc65)cc4N(c4ccccc4)c4cc(-n5c6ccc(-n7c8ccccc8c8ccccc87)cc6c6cc(-n7c8ccccc8c8ccccc87)ccc65)cc2c43)cc1. The van der Waals surface area contributed by atoms with Gasteiger partial charge >= 0.3 is 0 Å². The Labute approximate surface area is 563 Å². The van der Waals surface area contributed by atoms with Crippen LogP contribution < -0.4 is 26.2 Å². The second-order valence-electron chi connectivity index (χ2n) is 26.4. The Morgan fingerprint density at radius 3 is 0.704 bits per heavy atom. The third-order valence-corrected chi connectivity index (χ3v) is 21.4. The Kier molecular flexibility index (Phi) is 11.0. The van der Waals surface area contributed by atoms with Gasteiger partial charge in [0, 0.05) is 111 Å². The highest BCUT2D eigenvalue weighted by Gasteiger charge is 2.44. The number of para-hydroxylation sites is 10. The lowest BCUT2D eigenvalue weighted by molar-refractivity contribution is 1.14. The quantitative estimate of drug-likeness (QED) is 0.149. The summed E-state index contributed by atoms with van der Waals surface area (Å²) in [5.41, 5.74) is 27.5. The molecule has 454 valence electrons. The fourth-order valence-corrected chi connectivity index (χ4v) is 17.4. The molecule has 98 heavy (non-hydrogen) atoms. The zero-order chi connectivity index (χ0) is 63.8. The molecule has 0 radical (unpaired) electrons. The largest absolute Gasteiger partial charge is 0.311 e. The highest BCUT2D eigenvalue weighted by atomic mass is 15.2. The Morgan fingerprint density at radius 2 is 0.398 bits per heavy atom. The summed E-state index contributed by atoms with van der Waals surface area (Å²) in [5.74, 6) is 0. The van der Waals surface area contributed by atoms with Crippen LogP contribution in [0, 0.1) is 0 Å². The van der Waals surface area contributed by atoms with E-state index in [2.05, 4.69) is 372 Å². The summed E-state index contributed by atoms with van der Waals surface area (Å²) in [7, 11) is 0. The topological polar surface area (TPSA) is 31.1 Å². The molecule has 22 rings (SSSR count). The first-order valence-electron chi connectivity index (χ1n) is 33.9. The van der Waals surface area contributed by atoms with Gasteiger partial charge in [0.05, 0.1) is 60.9 Å². The Balaban J connectivity index is 0.861. The van der Waals surface area contributed by atoms with Crippen molar-refractivity contribution in [2.24, 2.45) is 0 Å². The minimum atomic E-state index is -0.168. The van der Waals surface area contributed by atoms with Gasteiger partial charge < -0.3 is 32.6 Å². The second kappa shape index (κ2) is 20.2. The lowest BCUT2D eigenvalue weighted by Crippen LogP contribution is -2.61. The van der Waals surface area contributed by atoms with Gasteiger partial charge in [-0.3, -0.25) is 0 Å². The standard InChI is InChI=1S/C90H56BN7/c1-3-23-57(24-4-1)92-86-53-61(96-80-39-19-11-31-68(80)69-32-12-20-40-81(69)96)43-47-74(86)91-75-48-44-62(97-82-41-21-13-33-70(82)71-34-14-22-42-83(71)97)54-87(75)93(58-25-5-2-6-26-58)89-56-63(55-88(92)90(89)91)98-84-49-45-59(94-76-35-15-7-27-64(76)65-28-8-16-36-77(65)94)51-72(84)73-52-60(46-50-85(73)98)95-78-37-17-9-29-66(78)67-30-10-18-38-79(67)95/h1-56H. The lowest BCUT2D eigenvalue weighted by atomic mass is 9.33. The molecule has 0 saturated carbocycles. The number of nitrogens with zero attached hydrogens (tertiary/aromatic N) is 7. The third-order valence-electron chi connectivity index (χ3n) is 21.4. The molecule has 7 nitrogen and oxygen atoms in total.